The molecule has 166 valence electrons. The first kappa shape index (κ1) is 23.5. The highest BCUT2D eigenvalue weighted by molar-refractivity contribution is 5.69. The molecule has 2 aromatic rings. The zero-order valence-corrected chi connectivity index (χ0v) is 17.5. The van der Waals surface area contributed by atoms with Crippen molar-refractivity contribution in [2.75, 3.05) is 6.61 Å². The molecule has 0 saturated heterocycles. The van der Waals surface area contributed by atoms with E-state index in [1.807, 2.05) is 6.07 Å². The lowest BCUT2D eigenvalue weighted by atomic mass is 10.1. The van der Waals surface area contributed by atoms with Gasteiger partial charge in [-0.15, -0.1) is 5.10 Å². The quantitative estimate of drug-likeness (QED) is 0.420. The second-order valence-electron chi connectivity index (χ2n) is 6.45. The summed E-state index contributed by atoms with van der Waals surface area (Å²) in [5, 5.41) is 8.46. The van der Waals surface area contributed by atoms with Gasteiger partial charge < -0.3 is 18.9 Å². The molecular formula is C20H23N3O8. The number of ether oxygens (including phenoxy) is 4. The van der Waals surface area contributed by atoms with Crippen molar-refractivity contribution in [3.05, 3.63) is 42.2 Å². The molecule has 11 nitrogen and oxygen atoms in total. The molecule has 1 aromatic heterocycles. The third-order valence-corrected chi connectivity index (χ3v) is 3.82. The Morgan fingerprint density at radius 2 is 1.48 bits per heavy atom. The van der Waals surface area contributed by atoms with Crippen molar-refractivity contribution in [1.82, 2.24) is 15.0 Å². The van der Waals surface area contributed by atoms with Crippen molar-refractivity contribution in [3.8, 4) is 5.69 Å². The number of benzene rings is 1. The Kier molecular flexibility index (Phi) is 8.24. The Hall–Kier alpha value is -3.76. The number of nitrogens with zero attached hydrogens (tertiary/aromatic N) is 3. The lowest BCUT2D eigenvalue weighted by molar-refractivity contribution is -0.190. The number of carbonyl (C=O) groups excluding carboxylic acids is 4. The van der Waals surface area contributed by atoms with Gasteiger partial charge in [-0.1, -0.05) is 18.2 Å². The number of hydrogen-bond donors (Lipinski definition) is 0. The lowest BCUT2D eigenvalue weighted by Crippen LogP contribution is -2.43. The van der Waals surface area contributed by atoms with Crippen LogP contribution in [0, 0.1) is 0 Å². The number of aromatic nitrogens is 3. The number of para-hydroxylation sites is 1. The summed E-state index contributed by atoms with van der Waals surface area (Å²) >= 11 is 0. The third-order valence-electron chi connectivity index (χ3n) is 3.82. The van der Waals surface area contributed by atoms with E-state index in [0.717, 1.165) is 20.8 Å². The molecule has 0 fully saturated rings. The first-order chi connectivity index (χ1) is 14.7. The van der Waals surface area contributed by atoms with E-state index in [1.54, 1.807) is 24.3 Å². The van der Waals surface area contributed by atoms with E-state index in [1.165, 1.54) is 17.9 Å². The molecule has 0 saturated carbocycles. The molecule has 0 aliphatic heterocycles. The standard InChI is InChI=1S/C20H23N3O8/c1-12(24)28-11-18(29-13(2)25)20(31-15(4)27)19(30-14(3)26)17-10-21-23(22-17)16-8-6-5-7-9-16/h5-10,18-20H,11H2,1-4H3/t18-,19-,20-/m0/s1. The van der Waals surface area contributed by atoms with Crippen LogP contribution in [0.25, 0.3) is 5.69 Å². The minimum absolute atomic E-state index is 0.130. The van der Waals surface area contributed by atoms with Gasteiger partial charge in [-0.05, 0) is 12.1 Å². The van der Waals surface area contributed by atoms with E-state index in [-0.39, 0.29) is 5.69 Å². The van der Waals surface area contributed by atoms with E-state index in [4.69, 9.17) is 18.9 Å². The molecule has 0 radical (unpaired) electrons. The van der Waals surface area contributed by atoms with Gasteiger partial charge in [-0.3, -0.25) is 19.2 Å². The largest absolute Gasteiger partial charge is 0.462 e. The van der Waals surface area contributed by atoms with Crippen LogP contribution in [0.2, 0.25) is 0 Å². The highest BCUT2D eigenvalue weighted by Crippen LogP contribution is 2.27. The van der Waals surface area contributed by atoms with Crippen molar-refractivity contribution in [2.24, 2.45) is 0 Å². The maximum atomic E-state index is 11.8. The van der Waals surface area contributed by atoms with Crippen molar-refractivity contribution < 1.29 is 38.1 Å². The molecule has 1 heterocycles. The molecule has 31 heavy (non-hydrogen) atoms. The van der Waals surface area contributed by atoms with Crippen LogP contribution >= 0.6 is 0 Å². The molecule has 0 bridgehead atoms. The van der Waals surface area contributed by atoms with Crippen molar-refractivity contribution in [2.45, 2.75) is 46.0 Å². The van der Waals surface area contributed by atoms with Gasteiger partial charge in [0.15, 0.2) is 18.3 Å². The summed E-state index contributed by atoms with van der Waals surface area (Å²) in [6, 6.07) is 8.93. The molecule has 1 aromatic carbocycles. The Labute approximate surface area is 178 Å². The predicted molar refractivity (Wildman–Crippen MR) is 104 cm³/mol. The van der Waals surface area contributed by atoms with Crippen LogP contribution in [-0.2, 0) is 38.1 Å². The van der Waals surface area contributed by atoms with Crippen LogP contribution in [0.1, 0.15) is 39.5 Å². The Morgan fingerprint density at radius 3 is 2.03 bits per heavy atom. The second-order valence-corrected chi connectivity index (χ2v) is 6.45. The van der Waals surface area contributed by atoms with Crippen molar-refractivity contribution >= 4 is 23.9 Å². The molecule has 11 heteroatoms. The fourth-order valence-electron chi connectivity index (χ4n) is 2.70. The first-order valence-electron chi connectivity index (χ1n) is 9.30. The summed E-state index contributed by atoms with van der Waals surface area (Å²) in [5.41, 5.74) is 0.765. The van der Waals surface area contributed by atoms with Crippen LogP contribution in [0.5, 0.6) is 0 Å². The minimum atomic E-state index is -1.36. The summed E-state index contributed by atoms with van der Waals surface area (Å²) < 4.78 is 20.8. The van der Waals surface area contributed by atoms with Crippen LogP contribution in [0.3, 0.4) is 0 Å². The maximum absolute atomic E-state index is 11.8. The first-order valence-corrected chi connectivity index (χ1v) is 9.30. The summed E-state index contributed by atoms with van der Waals surface area (Å²) in [6.07, 6.45) is -2.59. The molecule has 0 aliphatic rings. The summed E-state index contributed by atoms with van der Waals surface area (Å²) in [4.78, 5) is 47.8. The fourth-order valence-corrected chi connectivity index (χ4v) is 2.70. The third kappa shape index (κ3) is 7.21. The highest BCUT2D eigenvalue weighted by Gasteiger charge is 2.40. The molecular weight excluding hydrogens is 410 g/mol. The van der Waals surface area contributed by atoms with Crippen LogP contribution < -0.4 is 0 Å². The van der Waals surface area contributed by atoms with Gasteiger partial charge in [-0.25, -0.2) is 0 Å². The van der Waals surface area contributed by atoms with E-state index in [9.17, 15) is 19.2 Å². The van der Waals surface area contributed by atoms with Gasteiger partial charge in [0.2, 0.25) is 0 Å². The maximum Gasteiger partial charge on any atom is 0.303 e. The average molecular weight is 433 g/mol. The Bertz CT molecular complexity index is 928. The van der Waals surface area contributed by atoms with Gasteiger partial charge in [0.25, 0.3) is 0 Å². The van der Waals surface area contributed by atoms with Crippen molar-refractivity contribution in [3.63, 3.8) is 0 Å². The van der Waals surface area contributed by atoms with Crippen LogP contribution in [0.4, 0.5) is 0 Å². The summed E-state index contributed by atoms with van der Waals surface area (Å²) in [7, 11) is 0. The van der Waals surface area contributed by atoms with Gasteiger partial charge in [0.1, 0.15) is 12.3 Å². The molecule has 2 rings (SSSR count). The Balaban J connectivity index is 2.46. The molecule has 0 N–H and O–H groups in total. The van der Waals surface area contributed by atoms with Gasteiger partial charge in [0.05, 0.1) is 11.9 Å². The van der Waals surface area contributed by atoms with Crippen LogP contribution in [-0.4, -0.2) is 57.7 Å². The molecule has 0 spiro atoms. The number of rotatable bonds is 9. The fraction of sp³-hybridized carbons (Fsp3) is 0.400. The SMILES string of the molecule is CC(=O)OC[C@H](OC(C)=O)[C@H](OC(C)=O)[C@@H](OC(C)=O)c1cnn(-c2ccccc2)n1. The number of esters is 4. The number of carbonyl (C=O) groups is 4. The van der Waals surface area contributed by atoms with Crippen molar-refractivity contribution in [1.29, 1.82) is 0 Å². The van der Waals surface area contributed by atoms with E-state index >= 15 is 0 Å². The van der Waals surface area contributed by atoms with Crippen LogP contribution in [0.15, 0.2) is 36.5 Å². The normalized spacial score (nSPS) is 13.4. The monoisotopic (exact) mass is 433 g/mol. The van der Waals surface area contributed by atoms with Gasteiger partial charge in [-0.2, -0.15) is 9.90 Å². The van der Waals surface area contributed by atoms with E-state index in [2.05, 4.69) is 10.2 Å². The minimum Gasteiger partial charge on any atom is -0.462 e. The number of hydrogen-bond acceptors (Lipinski definition) is 10. The summed E-state index contributed by atoms with van der Waals surface area (Å²) in [6.45, 7) is 4.16. The topological polar surface area (TPSA) is 136 Å². The molecule has 0 amide bonds. The highest BCUT2D eigenvalue weighted by atomic mass is 16.6. The molecule has 0 aliphatic carbocycles. The zero-order valence-electron chi connectivity index (χ0n) is 17.5. The lowest BCUT2D eigenvalue weighted by Gasteiger charge is -2.30. The van der Waals surface area contributed by atoms with E-state index in [0.29, 0.717) is 5.69 Å². The predicted octanol–water partition coefficient (Wildman–Crippen LogP) is 1.30. The Morgan fingerprint density at radius 1 is 0.871 bits per heavy atom. The van der Waals surface area contributed by atoms with Gasteiger partial charge >= 0.3 is 23.9 Å². The molecule has 0 unspecified atom stereocenters. The van der Waals surface area contributed by atoms with E-state index < -0.39 is 48.8 Å². The summed E-state index contributed by atoms with van der Waals surface area (Å²) in [5.74, 6) is -2.80. The second kappa shape index (κ2) is 10.9. The van der Waals surface area contributed by atoms with Gasteiger partial charge in [0, 0.05) is 27.7 Å². The average Bonchev–Trinajstić information content (AvgIpc) is 3.18. The smallest absolute Gasteiger partial charge is 0.303 e. The molecule has 3 atom stereocenters. The zero-order chi connectivity index (χ0) is 23.0.